The van der Waals surface area contributed by atoms with E-state index in [0.29, 0.717) is 13.7 Å². The third-order valence-corrected chi connectivity index (χ3v) is 18.2. The van der Waals surface area contributed by atoms with Gasteiger partial charge in [-0.3, -0.25) is 4.57 Å². The quantitative estimate of drug-likeness (QED) is 0.101. The zero-order valence-corrected chi connectivity index (χ0v) is 42.5. The summed E-state index contributed by atoms with van der Waals surface area (Å²) >= 11 is 0. The lowest BCUT2D eigenvalue weighted by molar-refractivity contribution is 0.951. The number of hydrogen-bond donors (Lipinski definition) is 0. The van der Waals surface area contributed by atoms with Crippen LogP contribution in [-0.2, 0) is 0 Å². The zero-order chi connectivity index (χ0) is 89.0. The van der Waals surface area contributed by atoms with E-state index in [2.05, 4.69) is 0 Å². The number of nitrogens with zero attached hydrogens (tertiary/aromatic N) is 6. The van der Waals surface area contributed by atoms with E-state index in [1.54, 1.807) is 0 Å². The molecule has 0 aliphatic heterocycles. The SMILES string of the molecule is [2H]c1c([2H])c([2H])c(-c2c([2H])c([2H])c([2H])c([Si](c3ccccc3)(c3ccccc3)c3c([2H])c([2H])c([2H])c(-c4nc(-c5c([2H])c([2H])c([2H])c([2H])c5-n5c6c([2H])c([2H])c([2H])c([2H])c6c6c([2H])c([2H])c([2H])c([2H])c65)nc(-n5c6c([2H])c([2H])c([2H])c([2H])c6c6c([2H])c(-n7c8c([2H])c([2H])c([2H])c([2H])c8c8c([2H])c([2H])c([2H])c([2H])c87)c([2H])c([2H])c65)n4)c3[2H])c2[2H])c([2H])c1[2H]. The van der Waals surface area contributed by atoms with Crippen molar-refractivity contribution in [2.45, 2.75) is 0 Å². The van der Waals surface area contributed by atoms with Crippen LogP contribution in [0.2, 0.25) is 0 Å². The highest BCUT2D eigenvalue weighted by molar-refractivity contribution is 7.20. The number of rotatable bonds is 10. The second kappa shape index (κ2) is 19.3. The van der Waals surface area contributed by atoms with Gasteiger partial charge in [0.15, 0.2) is 19.7 Å². The Morgan fingerprint density at radius 3 is 1.32 bits per heavy atom. The highest BCUT2D eigenvalue weighted by Crippen LogP contribution is 2.39. The first-order chi connectivity index (χ1) is 57.3. The number of para-hydroxylation sites is 6. The molecule has 82 heavy (non-hydrogen) atoms. The van der Waals surface area contributed by atoms with Gasteiger partial charge in [-0.2, -0.15) is 9.97 Å². The molecule has 0 N–H and O–H groups in total. The molecule has 16 rings (SSSR count). The van der Waals surface area contributed by atoms with Gasteiger partial charge in [0.1, 0.15) is 0 Å². The Hall–Kier alpha value is -10.7. The molecule has 0 aliphatic carbocycles. The summed E-state index contributed by atoms with van der Waals surface area (Å²) < 4.78 is 381. The molecule has 0 spiro atoms. The minimum Gasteiger partial charge on any atom is -0.309 e. The maximum absolute atomic E-state index is 11.0. The monoisotopic (exact) mass is 1100 g/mol. The van der Waals surface area contributed by atoms with E-state index in [0.717, 1.165) is 0 Å². The van der Waals surface area contributed by atoms with E-state index in [1.165, 1.54) is 60.7 Å². The van der Waals surface area contributed by atoms with E-state index in [4.69, 9.17) is 32.8 Å². The molecule has 0 saturated heterocycles. The summed E-state index contributed by atoms with van der Waals surface area (Å²) in [6.45, 7) is 0. The molecular weight excluding hydrogens is 1010 g/mol. The van der Waals surface area contributed by atoms with Crippen molar-refractivity contribution in [3.63, 3.8) is 0 Å². The lowest BCUT2D eigenvalue weighted by Crippen LogP contribution is -2.74. The van der Waals surface area contributed by atoms with Crippen LogP contribution < -0.4 is 20.7 Å². The van der Waals surface area contributed by atoms with Gasteiger partial charge in [0, 0.05) is 49.1 Å². The predicted molar refractivity (Wildman–Crippen MR) is 343 cm³/mol. The van der Waals surface area contributed by atoms with Crippen LogP contribution in [0.15, 0.2) is 302 Å². The van der Waals surface area contributed by atoms with E-state index in [-0.39, 0.29) is 10.4 Å². The normalized spacial score (nSPS) is 18.7. The summed E-state index contributed by atoms with van der Waals surface area (Å²) in [5, 5.41) is -5.46. The topological polar surface area (TPSA) is 53.5 Å². The van der Waals surface area contributed by atoms with Gasteiger partial charge in [0.25, 0.3) is 0 Å². The molecule has 0 fully saturated rings. The Morgan fingerprint density at radius 2 is 0.732 bits per heavy atom. The molecule has 0 amide bonds. The molecular formula is C75H50N6Si. The third-order valence-electron chi connectivity index (χ3n) is 13.8. The lowest BCUT2D eigenvalue weighted by Gasteiger charge is -2.35. The number of benzene rings is 12. The Balaban J connectivity index is 1.15. The van der Waals surface area contributed by atoms with Gasteiger partial charge in [0.2, 0.25) is 5.95 Å². The third kappa shape index (κ3) is 7.44. The highest BCUT2D eigenvalue weighted by atomic mass is 28.3. The van der Waals surface area contributed by atoms with Crippen LogP contribution in [0.25, 0.3) is 117 Å². The fourth-order valence-electron chi connectivity index (χ4n) is 10.3. The molecule has 0 aliphatic rings. The maximum atomic E-state index is 11.0. The zero-order valence-electron chi connectivity index (χ0n) is 81.5. The van der Waals surface area contributed by atoms with Crippen LogP contribution in [0.4, 0.5) is 0 Å². The first-order valence-corrected chi connectivity index (χ1v) is 26.7. The molecule has 0 atom stereocenters. The van der Waals surface area contributed by atoms with Gasteiger partial charge in [-0.1, -0.05) is 242 Å². The van der Waals surface area contributed by atoms with Crippen molar-refractivity contribution in [3.05, 3.63) is 302 Å². The largest absolute Gasteiger partial charge is 0.309 e. The Kier molecular flexibility index (Phi) is 5.19. The summed E-state index contributed by atoms with van der Waals surface area (Å²) in [6.07, 6.45) is 0. The molecule has 0 unspecified atom stereocenters. The fourth-order valence-corrected chi connectivity index (χ4v) is 14.6. The summed E-state index contributed by atoms with van der Waals surface area (Å²) in [5.41, 5.74) is -10.4. The molecule has 16 aromatic rings. The fraction of sp³-hybridized carbons (Fsp3) is 0. The number of hydrogen-bond acceptors (Lipinski definition) is 3. The van der Waals surface area contributed by atoms with Crippen LogP contribution in [0.5, 0.6) is 0 Å². The van der Waals surface area contributed by atoms with Crippen molar-refractivity contribution in [1.82, 2.24) is 28.7 Å². The van der Waals surface area contributed by atoms with Crippen LogP contribution in [0, 0.1) is 0 Å². The van der Waals surface area contributed by atoms with Gasteiger partial charge >= 0.3 is 0 Å². The average Bonchev–Trinajstić information content (AvgIpc) is 1.40. The lowest BCUT2D eigenvalue weighted by atomic mass is 10.1. The average molecular weight is 1100 g/mol. The first-order valence-electron chi connectivity index (χ1n) is 44.7. The molecule has 4 heterocycles. The smallest absolute Gasteiger partial charge is 0.238 e. The van der Waals surface area contributed by atoms with Gasteiger partial charge in [-0.05, 0) is 92.3 Å². The minimum absolute atomic E-state index is 0.0210. The molecule has 12 aromatic carbocycles. The van der Waals surface area contributed by atoms with E-state index >= 15 is 0 Å². The standard InChI is InChI=1S/C75H50N6Si/c1-4-24-51(25-5-1)52-26-22-32-57(48-52)82(55-28-6-2-7-29-55,56-30-8-3-9-31-56)58-33-23-27-53(49-58)73-76-74(64-39-15-21-45-71(64)80-68-42-18-12-36-61(68)62-37-13-19-43-69(62)80)78-75(77-73)81-70-44-20-14-38-63(70)65-50-54(46-47-72(65)81)79-66-40-16-10-34-59(66)60-35-11-17-41-67(60)79/h1-50H/i1D,4D,5D,10D,11D,12D,13D,14D,15D,16D,17D,18D,19D,20D,21D,22D,23D,24D,25D,26D,27D,32D,33D,34D,35D,36D,37D,38D,39D,40D,41D,42D,43D,44D,45D,46D,47D,48D,49D,50D. The van der Waals surface area contributed by atoms with Crippen molar-refractivity contribution >= 4 is 94.2 Å². The van der Waals surface area contributed by atoms with E-state index < -0.39 is 377 Å². The van der Waals surface area contributed by atoms with Crippen LogP contribution in [0.3, 0.4) is 0 Å². The van der Waals surface area contributed by atoms with Crippen molar-refractivity contribution in [2.75, 3.05) is 0 Å². The first kappa shape index (κ1) is 22.1. The van der Waals surface area contributed by atoms with Crippen molar-refractivity contribution in [2.24, 2.45) is 0 Å². The summed E-state index contributed by atoms with van der Waals surface area (Å²) in [4.78, 5) is 14.4. The molecule has 6 nitrogen and oxygen atoms in total. The van der Waals surface area contributed by atoms with Crippen molar-refractivity contribution < 1.29 is 54.8 Å². The Labute approximate surface area is 531 Å². The second-order valence-corrected chi connectivity index (χ2v) is 21.7. The summed E-state index contributed by atoms with van der Waals surface area (Å²) in [6, 6.07) is -26.8. The number of fused-ring (bicyclic) bond motifs is 9. The van der Waals surface area contributed by atoms with Crippen LogP contribution >= 0.6 is 0 Å². The predicted octanol–water partition coefficient (Wildman–Crippen LogP) is 15.5. The van der Waals surface area contributed by atoms with Crippen molar-refractivity contribution in [3.8, 4) is 51.2 Å². The summed E-state index contributed by atoms with van der Waals surface area (Å²) in [7, 11) is -5.45. The summed E-state index contributed by atoms with van der Waals surface area (Å²) in [5.74, 6) is -3.56. The highest BCUT2D eigenvalue weighted by Gasteiger charge is 2.42. The van der Waals surface area contributed by atoms with Crippen LogP contribution in [-0.4, -0.2) is 36.7 Å². The molecule has 0 saturated carbocycles. The van der Waals surface area contributed by atoms with Gasteiger partial charge in [-0.15, -0.1) is 0 Å². The van der Waals surface area contributed by atoms with E-state index in [1.807, 2.05) is 0 Å². The maximum Gasteiger partial charge on any atom is 0.238 e. The molecule has 384 valence electrons. The second-order valence-electron chi connectivity index (χ2n) is 18.1. The molecule has 0 bridgehead atoms. The van der Waals surface area contributed by atoms with Gasteiger partial charge < -0.3 is 9.13 Å². The van der Waals surface area contributed by atoms with Crippen LogP contribution in [0.1, 0.15) is 54.8 Å². The van der Waals surface area contributed by atoms with E-state index in [9.17, 15) is 37.0 Å². The molecule has 7 heteroatoms. The molecule has 0 radical (unpaired) electrons. The van der Waals surface area contributed by atoms with Gasteiger partial charge in [0.05, 0.1) is 93.6 Å². The Bertz CT molecular complexity index is 7350. The molecule has 4 aromatic heterocycles. The minimum atomic E-state index is -5.45. The van der Waals surface area contributed by atoms with Gasteiger partial charge in [-0.25, -0.2) is 4.98 Å². The Morgan fingerprint density at radius 1 is 0.293 bits per heavy atom. The number of aromatic nitrogens is 6. The van der Waals surface area contributed by atoms with Crippen molar-refractivity contribution in [1.29, 1.82) is 0 Å².